The number of halogens is 3. The Hall–Kier alpha value is -1.73. The molecule has 1 aromatic heterocycles. The normalized spacial score (nSPS) is 15.9. The lowest BCUT2D eigenvalue weighted by molar-refractivity contribution is 0.416. The number of pyridine rings is 1. The Bertz CT molecular complexity index is 874. The average molecular weight is 444 g/mol. The van der Waals surface area contributed by atoms with Gasteiger partial charge in [-0.1, -0.05) is 18.5 Å². The third-order valence-electron chi connectivity index (χ3n) is 4.39. The van der Waals surface area contributed by atoms with Crippen molar-refractivity contribution in [3.8, 4) is 5.88 Å². The number of likely N-dealkylation sites (tertiary alicyclic amines) is 1. The maximum atomic E-state index is 14.7. The predicted molar refractivity (Wildman–Crippen MR) is 108 cm³/mol. The standard InChI is InChI=1S/C18H21BrClFN4O/c1-3-6-23-17-11-8-12(20)13(19)14(21)16(11)24-18(15(17)22)26-9-10-5-4-7-25(10)2/h8-9H,3-7,22H2,1-2H3,(H,23,24)/b10-9-. The van der Waals surface area contributed by atoms with Crippen LogP contribution >= 0.6 is 27.5 Å². The van der Waals surface area contributed by atoms with Gasteiger partial charge in [-0.05, 0) is 41.3 Å². The zero-order valence-electron chi connectivity index (χ0n) is 14.7. The Morgan fingerprint density at radius 2 is 2.31 bits per heavy atom. The van der Waals surface area contributed by atoms with Crippen molar-refractivity contribution in [2.45, 2.75) is 26.2 Å². The molecule has 140 valence electrons. The highest BCUT2D eigenvalue weighted by molar-refractivity contribution is 9.10. The number of nitrogen functional groups attached to an aromatic ring is 1. The maximum absolute atomic E-state index is 14.7. The van der Waals surface area contributed by atoms with Crippen molar-refractivity contribution in [1.82, 2.24) is 9.88 Å². The quantitative estimate of drug-likeness (QED) is 0.495. The molecule has 26 heavy (non-hydrogen) atoms. The van der Waals surface area contributed by atoms with E-state index in [9.17, 15) is 4.39 Å². The molecule has 1 aliphatic rings. The van der Waals surface area contributed by atoms with Crippen molar-refractivity contribution in [1.29, 1.82) is 0 Å². The number of hydrogen-bond donors (Lipinski definition) is 2. The van der Waals surface area contributed by atoms with E-state index in [2.05, 4.69) is 31.1 Å². The number of hydrogen-bond acceptors (Lipinski definition) is 5. The number of ether oxygens (including phenoxy) is 1. The first kappa shape index (κ1) is 19.0. The van der Waals surface area contributed by atoms with Crippen molar-refractivity contribution in [2.24, 2.45) is 0 Å². The summed E-state index contributed by atoms with van der Waals surface area (Å²) < 4.78 is 20.7. The largest absolute Gasteiger partial charge is 0.443 e. The lowest BCUT2D eigenvalue weighted by Crippen LogP contribution is -2.11. The summed E-state index contributed by atoms with van der Waals surface area (Å²) in [6.07, 6.45) is 4.54. The van der Waals surface area contributed by atoms with Crippen molar-refractivity contribution in [3.63, 3.8) is 0 Å². The molecule has 3 N–H and O–H groups in total. The minimum absolute atomic E-state index is 0.155. The second-order valence-corrected chi connectivity index (χ2v) is 7.47. The van der Waals surface area contributed by atoms with Gasteiger partial charge in [0.1, 0.15) is 17.5 Å². The van der Waals surface area contributed by atoms with E-state index in [-0.39, 0.29) is 20.9 Å². The van der Waals surface area contributed by atoms with Gasteiger partial charge < -0.3 is 20.7 Å². The van der Waals surface area contributed by atoms with Gasteiger partial charge in [-0.15, -0.1) is 0 Å². The molecule has 3 rings (SSSR count). The fourth-order valence-corrected chi connectivity index (χ4v) is 3.43. The minimum Gasteiger partial charge on any atom is -0.443 e. The van der Waals surface area contributed by atoms with Crippen LogP contribution in [0.1, 0.15) is 26.2 Å². The van der Waals surface area contributed by atoms with Crippen molar-refractivity contribution >= 4 is 49.8 Å². The van der Waals surface area contributed by atoms with Crippen LogP contribution in [0.3, 0.4) is 0 Å². The molecule has 1 aliphatic heterocycles. The van der Waals surface area contributed by atoms with Gasteiger partial charge in [0, 0.05) is 31.2 Å². The van der Waals surface area contributed by atoms with Crippen LogP contribution < -0.4 is 15.8 Å². The molecule has 0 radical (unpaired) electrons. The summed E-state index contributed by atoms with van der Waals surface area (Å²) in [6, 6.07) is 1.65. The lowest BCUT2D eigenvalue weighted by atomic mass is 10.1. The molecular weight excluding hydrogens is 423 g/mol. The van der Waals surface area contributed by atoms with Crippen LogP contribution in [-0.4, -0.2) is 30.0 Å². The van der Waals surface area contributed by atoms with Crippen molar-refractivity contribution in [3.05, 3.63) is 33.3 Å². The molecule has 2 aromatic rings. The highest BCUT2D eigenvalue weighted by atomic mass is 79.9. The van der Waals surface area contributed by atoms with Crippen LogP contribution in [0.25, 0.3) is 10.9 Å². The van der Waals surface area contributed by atoms with E-state index in [1.54, 1.807) is 12.3 Å². The van der Waals surface area contributed by atoms with Gasteiger partial charge in [-0.2, -0.15) is 0 Å². The van der Waals surface area contributed by atoms with Gasteiger partial charge in [0.25, 0.3) is 0 Å². The molecule has 0 bridgehead atoms. The molecule has 0 spiro atoms. The van der Waals surface area contributed by atoms with Crippen LogP contribution in [0.4, 0.5) is 15.8 Å². The smallest absolute Gasteiger partial charge is 0.245 e. The van der Waals surface area contributed by atoms with Crippen LogP contribution in [0.2, 0.25) is 5.02 Å². The predicted octanol–water partition coefficient (Wildman–Crippen LogP) is 5.14. The van der Waals surface area contributed by atoms with Crippen LogP contribution in [0.5, 0.6) is 5.88 Å². The fraction of sp³-hybridized carbons (Fsp3) is 0.389. The molecule has 0 aliphatic carbocycles. The summed E-state index contributed by atoms with van der Waals surface area (Å²) in [5.41, 5.74) is 8.41. The first-order chi connectivity index (χ1) is 12.4. The van der Waals surface area contributed by atoms with Gasteiger partial charge in [-0.3, -0.25) is 0 Å². The van der Waals surface area contributed by atoms with Gasteiger partial charge in [-0.25, -0.2) is 9.37 Å². The number of fused-ring (bicyclic) bond motifs is 1. The topological polar surface area (TPSA) is 63.4 Å². The number of nitrogens with zero attached hydrogens (tertiary/aromatic N) is 2. The summed E-state index contributed by atoms with van der Waals surface area (Å²) in [7, 11) is 2.01. The molecule has 1 aromatic carbocycles. The zero-order valence-corrected chi connectivity index (χ0v) is 17.0. The molecule has 0 atom stereocenters. The monoisotopic (exact) mass is 442 g/mol. The molecule has 2 heterocycles. The summed E-state index contributed by atoms with van der Waals surface area (Å²) in [5, 5.41) is 4.03. The molecule has 5 nitrogen and oxygen atoms in total. The van der Waals surface area contributed by atoms with Crippen LogP contribution in [-0.2, 0) is 0 Å². The second-order valence-electron chi connectivity index (χ2n) is 6.27. The molecule has 1 fully saturated rings. The van der Waals surface area contributed by atoms with Crippen LogP contribution in [0, 0.1) is 5.82 Å². The summed E-state index contributed by atoms with van der Waals surface area (Å²) >= 11 is 9.29. The third-order valence-corrected chi connectivity index (χ3v) is 5.70. The second kappa shape index (κ2) is 7.88. The number of nitrogens with one attached hydrogen (secondary N) is 1. The first-order valence-electron chi connectivity index (χ1n) is 8.51. The summed E-state index contributed by atoms with van der Waals surface area (Å²) in [4.78, 5) is 6.43. The van der Waals surface area contributed by atoms with Crippen LogP contribution in [0.15, 0.2) is 22.5 Å². The molecule has 8 heteroatoms. The van der Waals surface area contributed by atoms with E-state index >= 15 is 0 Å². The maximum Gasteiger partial charge on any atom is 0.245 e. The van der Waals surface area contributed by atoms with E-state index in [0.29, 0.717) is 23.3 Å². The third kappa shape index (κ3) is 3.55. The average Bonchev–Trinajstić information content (AvgIpc) is 3.03. The Morgan fingerprint density at radius 1 is 1.54 bits per heavy atom. The molecule has 0 saturated carbocycles. The van der Waals surface area contributed by atoms with E-state index in [1.165, 1.54) is 0 Å². The van der Waals surface area contributed by atoms with Gasteiger partial charge >= 0.3 is 0 Å². The number of rotatable bonds is 5. The zero-order chi connectivity index (χ0) is 18.8. The fourth-order valence-electron chi connectivity index (χ4n) is 2.93. The lowest BCUT2D eigenvalue weighted by Gasteiger charge is -2.17. The van der Waals surface area contributed by atoms with Gasteiger partial charge in [0.05, 0.1) is 15.2 Å². The Labute approximate surface area is 165 Å². The Balaban J connectivity index is 2.12. The summed E-state index contributed by atoms with van der Waals surface area (Å²) in [5.74, 6) is -0.362. The molecule has 0 amide bonds. The van der Waals surface area contributed by atoms with Gasteiger partial charge in [0.2, 0.25) is 5.88 Å². The van der Waals surface area contributed by atoms with E-state index in [4.69, 9.17) is 22.1 Å². The number of aromatic nitrogens is 1. The van der Waals surface area contributed by atoms with Gasteiger partial charge in [0.15, 0.2) is 5.82 Å². The van der Waals surface area contributed by atoms with E-state index in [0.717, 1.165) is 31.5 Å². The molecule has 0 unspecified atom stereocenters. The van der Waals surface area contributed by atoms with E-state index in [1.807, 2.05) is 14.0 Å². The SMILES string of the molecule is CCCNc1c(N)c(O/C=C2/CCCN2C)nc2c(F)c(Br)c(Cl)cc12. The highest BCUT2D eigenvalue weighted by Gasteiger charge is 2.20. The number of nitrogens with two attached hydrogens (primary N) is 1. The number of benzene rings is 1. The Morgan fingerprint density at radius 3 is 2.96 bits per heavy atom. The molecule has 1 saturated heterocycles. The van der Waals surface area contributed by atoms with E-state index < -0.39 is 5.82 Å². The van der Waals surface area contributed by atoms with Crippen molar-refractivity contribution in [2.75, 3.05) is 31.2 Å². The highest BCUT2D eigenvalue weighted by Crippen LogP contribution is 2.40. The number of allylic oxidation sites excluding steroid dienone is 1. The first-order valence-corrected chi connectivity index (χ1v) is 9.68. The number of anilines is 2. The van der Waals surface area contributed by atoms with Crippen molar-refractivity contribution < 1.29 is 9.13 Å². The molecular formula is C18H21BrClFN4O. The summed E-state index contributed by atoms with van der Waals surface area (Å²) in [6.45, 7) is 3.70. The Kier molecular flexibility index (Phi) is 5.77. The minimum atomic E-state index is -0.539.